The molecule has 2 aliphatic rings. The first-order chi connectivity index (χ1) is 15.2. The second-order valence-corrected chi connectivity index (χ2v) is 9.60. The molecular weight excluding hydrogens is 402 g/mol. The summed E-state index contributed by atoms with van der Waals surface area (Å²) in [5.74, 6) is 1.88. The van der Waals surface area contributed by atoms with Gasteiger partial charge in [-0.15, -0.1) is 0 Å². The number of hydrogen-bond acceptors (Lipinski definition) is 4. The Morgan fingerprint density at radius 2 is 1.72 bits per heavy atom. The summed E-state index contributed by atoms with van der Waals surface area (Å²) < 4.78 is 12.5. The van der Waals surface area contributed by atoms with E-state index < -0.39 is 11.7 Å². The number of para-hydroxylation sites is 1. The average Bonchev–Trinajstić information content (AvgIpc) is 2.75. The number of carbonyl (C=O) groups is 2. The molecule has 5 heteroatoms. The Balaban J connectivity index is 1.42. The molecule has 1 unspecified atom stereocenters. The van der Waals surface area contributed by atoms with Gasteiger partial charge >= 0.3 is 0 Å². The summed E-state index contributed by atoms with van der Waals surface area (Å²) in [6, 6.07) is 11.8. The Morgan fingerprint density at radius 1 is 1.06 bits per heavy atom. The molecule has 1 spiro atoms. The summed E-state index contributed by atoms with van der Waals surface area (Å²) in [7, 11) is 0. The van der Waals surface area contributed by atoms with Crippen molar-refractivity contribution in [1.82, 2.24) is 4.90 Å². The number of benzene rings is 2. The Kier molecular flexibility index (Phi) is 6.02. The van der Waals surface area contributed by atoms with E-state index in [2.05, 4.69) is 13.8 Å². The largest absolute Gasteiger partial charge is 0.486 e. The monoisotopic (exact) mass is 435 g/mol. The molecule has 1 fully saturated rings. The highest BCUT2D eigenvalue weighted by Crippen LogP contribution is 2.40. The second-order valence-electron chi connectivity index (χ2n) is 9.60. The molecule has 2 aromatic carbocycles. The molecule has 32 heavy (non-hydrogen) atoms. The molecule has 1 amide bonds. The fourth-order valence-electron chi connectivity index (χ4n) is 4.73. The fourth-order valence-corrected chi connectivity index (χ4v) is 4.73. The first kappa shape index (κ1) is 22.4. The van der Waals surface area contributed by atoms with Crippen LogP contribution in [0.15, 0.2) is 36.4 Å². The fraction of sp³-hybridized carbons (Fsp3) is 0.481. The lowest BCUT2D eigenvalue weighted by atomic mass is 9.82. The van der Waals surface area contributed by atoms with Crippen molar-refractivity contribution < 1.29 is 19.1 Å². The molecular formula is C27H33NO4. The zero-order chi connectivity index (χ0) is 23.0. The lowest BCUT2D eigenvalue weighted by Crippen LogP contribution is -2.54. The number of likely N-dealkylation sites (tertiary alicyclic amines) is 1. The van der Waals surface area contributed by atoms with Gasteiger partial charge in [0, 0.05) is 25.9 Å². The van der Waals surface area contributed by atoms with Crippen LogP contribution in [0, 0.1) is 13.8 Å². The van der Waals surface area contributed by atoms with Crippen LogP contribution in [0.5, 0.6) is 11.5 Å². The third kappa shape index (κ3) is 4.25. The summed E-state index contributed by atoms with van der Waals surface area (Å²) in [5.41, 5.74) is 3.49. The van der Waals surface area contributed by atoms with Gasteiger partial charge in [-0.1, -0.05) is 32.0 Å². The quantitative estimate of drug-likeness (QED) is 0.661. The van der Waals surface area contributed by atoms with E-state index in [9.17, 15) is 9.59 Å². The number of fused-ring (bicyclic) bond motifs is 1. The number of aryl methyl sites for hydroxylation is 2. The van der Waals surface area contributed by atoms with Crippen LogP contribution in [-0.2, 0) is 4.79 Å². The van der Waals surface area contributed by atoms with Crippen molar-refractivity contribution >= 4 is 11.7 Å². The predicted molar refractivity (Wildman–Crippen MR) is 125 cm³/mol. The number of Topliss-reactive ketones (excluding diaryl/α,β-unsaturated/α-hetero) is 1. The minimum Gasteiger partial charge on any atom is -0.486 e. The highest BCUT2D eigenvalue weighted by molar-refractivity contribution is 6.00. The predicted octanol–water partition coefficient (Wildman–Crippen LogP) is 5.22. The van der Waals surface area contributed by atoms with Crippen LogP contribution >= 0.6 is 0 Å². The third-order valence-corrected chi connectivity index (χ3v) is 6.88. The standard InChI is InChI=1S/C27H33NO4/c1-17(2)21-8-6-7-9-24(21)31-20(5)26(30)28-12-10-27(11-13-28)16-23(29)22-14-18(3)19(4)15-25(22)32-27/h6-9,14-15,17,20H,10-13,16H2,1-5H3. The Hall–Kier alpha value is -2.82. The Morgan fingerprint density at radius 3 is 2.41 bits per heavy atom. The van der Waals surface area contributed by atoms with Crippen LogP contribution in [0.1, 0.15) is 73.0 Å². The van der Waals surface area contributed by atoms with Crippen LogP contribution in [-0.4, -0.2) is 41.4 Å². The van der Waals surface area contributed by atoms with Gasteiger partial charge in [-0.2, -0.15) is 0 Å². The molecule has 5 nitrogen and oxygen atoms in total. The van der Waals surface area contributed by atoms with Gasteiger partial charge in [0.25, 0.3) is 5.91 Å². The SMILES string of the molecule is Cc1cc2c(cc1C)C(=O)CC1(CCN(C(=O)C(C)Oc3ccccc3C(C)C)CC1)O2. The van der Waals surface area contributed by atoms with E-state index >= 15 is 0 Å². The summed E-state index contributed by atoms with van der Waals surface area (Å²) >= 11 is 0. The van der Waals surface area contributed by atoms with Crippen LogP contribution in [0.4, 0.5) is 0 Å². The molecule has 1 saturated heterocycles. The highest BCUT2D eigenvalue weighted by Gasteiger charge is 2.44. The molecule has 0 aliphatic carbocycles. The molecule has 0 N–H and O–H groups in total. The van der Waals surface area contributed by atoms with Crippen LogP contribution < -0.4 is 9.47 Å². The van der Waals surface area contributed by atoms with Crippen molar-refractivity contribution in [3.8, 4) is 11.5 Å². The lowest BCUT2D eigenvalue weighted by Gasteiger charge is -2.44. The van der Waals surface area contributed by atoms with Gasteiger partial charge in [0.05, 0.1) is 12.0 Å². The lowest BCUT2D eigenvalue weighted by molar-refractivity contribution is -0.141. The summed E-state index contributed by atoms with van der Waals surface area (Å²) in [6.07, 6.45) is 1.10. The van der Waals surface area contributed by atoms with Gasteiger partial charge in [-0.3, -0.25) is 9.59 Å². The third-order valence-electron chi connectivity index (χ3n) is 6.88. The summed E-state index contributed by atoms with van der Waals surface area (Å²) in [6.45, 7) is 11.2. The van der Waals surface area contributed by atoms with E-state index in [-0.39, 0.29) is 11.7 Å². The zero-order valence-electron chi connectivity index (χ0n) is 19.7. The van der Waals surface area contributed by atoms with Gasteiger partial charge in [0.2, 0.25) is 0 Å². The smallest absolute Gasteiger partial charge is 0.263 e. The molecule has 2 aliphatic heterocycles. The van der Waals surface area contributed by atoms with E-state index in [4.69, 9.17) is 9.47 Å². The molecule has 1 atom stereocenters. The number of piperidine rings is 1. The van der Waals surface area contributed by atoms with Crippen molar-refractivity contribution in [2.45, 2.75) is 71.5 Å². The first-order valence-corrected chi connectivity index (χ1v) is 11.6. The molecule has 2 heterocycles. The van der Waals surface area contributed by atoms with Crippen molar-refractivity contribution in [3.63, 3.8) is 0 Å². The minimum atomic E-state index is -0.566. The maximum atomic E-state index is 13.1. The number of carbonyl (C=O) groups excluding carboxylic acids is 2. The van der Waals surface area contributed by atoms with E-state index in [1.807, 2.05) is 62.1 Å². The van der Waals surface area contributed by atoms with E-state index in [0.29, 0.717) is 49.6 Å². The van der Waals surface area contributed by atoms with Gasteiger partial charge in [0.15, 0.2) is 11.9 Å². The minimum absolute atomic E-state index is 0.0209. The molecule has 4 rings (SSSR count). The maximum absolute atomic E-state index is 13.1. The molecule has 2 aromatic rings. The number of ketones is 1. The number of amides is 1. The first-order valence-electron chi connectivity index (χ1n) is 11.6. The summed E-state index contributed by atoms with van der Waals surface area (Å²) in [5, 5.41) is 0. The second kappa shape index (κ2) is 8.61. The normalized spacial score (nSPS) is 18.3. The number of hydrogen-bond donors (Lipinski definition) is 0. The van der Waals surface area contributed by atoms with Gasteiger partial charge in [-0.25, -0.2) is 0 Å². The Labute approximate surface area is 190 Å². The van der Waals surface area contributed by atoms with Crippen LogP contribution in [0.3, 0.4) is 0 Å². The van der Waals surface area contributed by atoms with E-state index in [1.165, 1.54) is 0 Å². The van der Waals surface area contributed by atoms with Gasteiger partial charge < -0.3 is 14.4 Å². The molecule has 0 aromatic heterocycles. The van der Waals surface area contributed by atoms with Crippen molar-refractivity contribution in [2.75, 3.05) is 13.1 Å². The zero-order valence-corrected chi connectivity index (χ0v) is 19.7. The van der Waals surface area contributed by atoms with Gasteiger partial charge in [0.1, 0.15) is 17.1 Å². The van der Waals surface area contributed by atoms with Gasteiger partial charge in [-0.05, 0) is 61.6 Å². The number of nitrogens with zero attached hydrogens (tertiary/aromatic N) is 1. The topological polar surface area (TPSA) is 55.8 Å². The highest BCUT2D eigenvalue weighted by atomic mass is 16.5. The van der Waals surface area contributed by atoms with E-state index in [1.54, 1.807) is 0 Å². The molecule has 170 valence electrons. The number of ether oxygens (including phenoxy) is 2. The van der Waals surface area contributed by atoms with E-state index in [0.717, 1.165) is 22.4 Å². The Bertz CT molecular complexity index is 1030. The van der Waals surface area contributed by atoms with Crippen LogP contribution in [0.2, 0.25) is 0 Å². The van der Waals surface area contributed by atoms with Crippen molar-refractivity contribution in [1.29, 1.82) is 0 Å². The average molecular weight is 436 g/mol. The van der Waals surface area contributed by atoms with Crippen molar-refractivity contribution in [2.24, 2.45) is 0 Å². The molecule has 0 bridgehead atoms. The number of rotatable bonds is 4. The molecule has 0 saturated carbocycles. The van der Waals surface area contributed by atoms with Crippen LogP contribution in [0.25, 0.3) is 0 Å². The summed E-state index contributed by atoms with van der Waals surface area (Å²) in [4.78, 5) is 27.8. The molecule has 0 radical (unpaired) electrons. The maximum Gasteiger partial charge on any atom is 0.263 e. The van der Waals surface area contributed by atoms with Crippen molar-refractivity contribution in [3.05, 3.63) is 58.7 Å².